The predicted molar refractivity (Wildman–Crippen MR) is 99.2 cm³/mol. The highest BCUT2D eigenvalue weighted by atomic mass is 35.5. The Labute approximate surface area is 155 Å². The van der Waals surface area contributed by atoms with E-state index < -0.39 is 6.10 Å². The molecule has 0 bridgehead atoms. The van der Waals surface area contributed by atoms with E-state index in [1.165, 1.54) is 11.8 Å². The molecule has 130 valence electrons. The Balaban J connectivity index is 1.48. The van der Waals surface area contributed by atoms with E-state index in [0.717, 1.165) is 16.4 Å². The number of aliphatic hydroxyl groups is 1. The molecule has 1 aromatic heterocycles. The van der Waals surface area contributed by atoms with E-state index in [1.807, 2.05) is 59.2 Å². The topological polar surface area (TPSA) is 60.2 Å². The summed E-state index contributed by atoms with van der Waals surface area (Å²) in [5, 5.41) is 19.6. The Morgan fingerprint density at radius 2 is 1.88 bits per heavy atom. The van der Waals surface area contributed by atoms with Gasteiger partial charge in [0.25, 0.3) is 0 Å². The first-order chi connectivity index (χ1) is 12.2. The summed E-state index contributed by atoms with van der Waals surface area (Å²) < 4.78 is 7.45. The van der Waals surface area contributed by atoms with Crippen LogP contribution in [0, 0.1) is 0 Å². The number of aliphatic hydroxyl groups excluding tert-OH is 1. The molecule has 0 fully saturated rings. The predicted octanol–water partition coefficient (Wildman–Crippen LogP) is 3.59. The molecule has 2 aromatic carbocycles. The van der Waals surface area contributed by atoms with Gasteiger partial charge in [-0.25, -0.2) is 0 Å². The zero-order valence-electron chi connectivity index (χ0n) is 13.5. The van der Waals surface area contributed by atoms with Gasteiger partial charge in [0.05, 0.1) is 19.3 Å². The summed E-state index contributed by atoms with van der Waals surface area (Å²) in [7, 11) is 0. The van der Waals surface area contributed by atoms with Crippen molar-refractivity contribution in [1.29, 1.82) is 0 Å². The van der Waals surface area contributed by atoms with Gasteiger partial charge in [0.15, 0.2) is 5.16 Å². The molecule has 0 amide bonds. The van der Waals surface area contributed by atoms with Crippen molar-refractivity contribution in [3.8, 4) is 5.69 Å². The number of hydrogen-bond donors (Lipinski definition) is 1. The van der Waals surface area contributed by atoms with Crippen molar-refractivity contribution in [3.05, 3.63) is 71.5 Å². The molecule has 0 saturated heterocycles. The number of benzene rings is 2. The Morgan fingerprint density at radius 3 is 2.68 bits per heavy atom. The van der Waals surface area contributed by atoms with Crippen molar-refractivity contribution in [2.75, 3.05) is 12.4 Å². The maximum absolute atomic E-state index is 10.1. The lowest BCUT2D eigenvalue weighted by atomic mass is 10.2. The van der Waals surface area contributed by atoms with Crippen molar-refractivity contribution in [2.24, 2.45) is 0 Å². The molecule has 7 heteroatoms. The van der Waals surface area contributed by atoms with Crippen LogP contribution in [-0.2, 0) is 11.3 Å². The molecule has 0 radical (unpaired) electrons. The Hall–Kier alpha value is -1.86. The minimum Gasteiger partial charge on any atom is -0.390 e. The minimum absolute atomic E-state index is 0.234. The van der Waals surface area contributed by atoms with Crippen LogP contribution in [0.4, 0.5) is 0 Å². The third kappa shape index (κ3) is 5.06. The second-order valence-corrected chi connectivity index (χ2v) is 6.78. The first kappa shape index (κ1) is 17.9. The molecular formula is C18H18ClN3O2S. The summed E-state index contributed by atoms with van der Waals surface area (Å²) in [5.41, 5.74) is 1.90. The van der Waals surface area contributed by atoms with Crippen LogP contribution >= 0.6 is 23.4 Å². The minimum atomic E-state index is -0.603. The molecule has 25 heavy (non-hydrogen) atoms. The van der Waals surface area contributed by atoms with E-state index in [1.54, 1.807) is 6.33 Å². The molecule has 1 unspecified atom stereocenters. The first-order valence-corrected chi connectivity index (χ1v) is 9.18. The number of halogens is 1. The average molecular weight is 376 g/mol. The van der Waals surface area contributed by atoms with Crippen molar-refractivity contribution in [2.45, 2.75) is 17.9 Å². The van der Waals surface area contributed by atoms with Gasteiger partial charge in [-0.1, -0.05) is 59.8 Å². The molecule has 1 atom stereocenters. The zero-order valence-corrected chi connectivity index (χ0v) is 15.0. The fourth-order valence-corrected chi connectivity index (χ4v) is 3.25. The number of ether oxygens (including phenoxy) is 1. The molecular weight excluding hydrogens is 358 g/mol. The highest BCUT2D eigenvalue weighted by molar-refractivity contribution is 7.99. The highest BCUT2D eigenvalue weighted by Gasteiger charge is 2.11. The first-order valence-electron chi connectivity index (χ1n) is 7.81. The Kier molecular flexibility index (Phi) is 6.47. The number of aromatic nitrogens is 3. The molecule has 0 aliphatic rings. The van der Waals surface area contributed by atoms with E-state index in [0.29, 0.717) is 17.4 Å². The monoisotopic (exact) mass is 375 g/mol. The van der Waals surface area contributed by atoms with Crippen LogP contribution in [0.2, 0.25) is 5.02 Å². The van der Waals surface area contributed by atoms with Crippen LogP contribution < -0.4 is 0 Å². The maximum atomic E-state index is 10.1. The lowest BCUT2D eigenvalue weighted by molar-refractivity contribution is 0.0398. The summed E-state index contributed by atoms with van der Waals surface area (Å²) in [6, 6.07) is 17.4. The van der Waals surface area contributed by atoms with E-state index in [9.17, 15) is 5.11 Å². The molecule has 0 aliphatic carbocycles. The van der Waals surface area contributed by atoms with Crippen LogP contribution in [-0.4, -0.2) is 38.3 Å². The normalized spacial score (nSPS) is 12.2. The number of thioether (sulfide) groups is 1. The van der Waals surface area contributed by atoms with Gasteiger partial charge in [-0.15, -0.1) is 10.2 Å². The van der Waals surface area contributed by atoms with Crippen LogP contribution in [0.5, 0.6) is 0 Å². The van der Waals surface area contributed by atoms with E-state index in [-0.39, 0.29) is 6.61 Å². The number of nitrogens with zero attached hydrogens (tertiary/aromatic N) is 3. The molecule has 1 heterocycles. The van der Waals surface area contributed by atoms with Gasteiger partial charge in [0.1, 0.15) is 6.33 Å². The quantitative estimate of drug-likeness (QED) is 0.610. The molecule has 5 nitrogen and oxygen atoms in total. The second-order valence-electron chi connectivity index (χ2n) is 5.39. The van der Waals surface area contributed by atoms with Crippen LogP contribution in [0.3, 0.4) is 0 Å². The summed E-state index contributed by atoms with van der Waals surface area (Å²) in [6.45, 7) is 0.610. The number of para-hydroxylation sites is 1. The standard InChI is InChI=1S/C18H18ClN3O2S/c19-17-9-5-4-6-14(17)10-24-11-16(23)12-25-18-21-20-13-22(18)15-7-2-1-3-8-15/h1-9,13,16,23H,10-12H2. The van der Waals surface area contributed by atoms with Crippen LogP contribution in [0.15, 0.2) is 66.1 Å². The summed E-state index contributed by atoms with van der Waals surface area (Å²) >= 11 is 7.52. The number of hydrogen-bond acceptors (Lipinski definition) is 5. The van der Waals surface area contributed by atoms with Crippen LogP contribution in [0.1, 0.15) is 5.56 Å². The van der Waals surface area contributed by atoms with Gasteiger partial charge >= 0.3 is 0 Å². The zero-order chi connectivity index (χ0) is 17.5. The van der Waals surface area contributed by atoms with Gasteiger partial charge in [-0.2, -0.15) is 0 Å². The van der Waals surface area contributed by atoms with Gasteiger partial charge in [-0.3, -0.25) is 4.57 Å². The largest absolute Gasteiger partial charge is 0.390 e. The van der Waals surface area contributed by atoms with Gasteiger partial charge in [0.2, 0.25) is 0 Å². The van der Waals surface area contributed by atoms with Gasteiger partial charge in [-0.05, 0) is 23.8 Å². The van der Waals surface area contributed by atoms with E-state index in [2.05, 4.69) is 10.2 Å². The average Bonchev–Trinajstić information content (AvgIpc) is 3.11. The van der Waals surface area contributed by atoms with Crippen LogP contribution in [0.25, 0.3) is 5.69 Å². The van der Waals surface area contributed by atoms with Crippen molar-refractivity contribution in [1.82, 2.24) is 14.8 Å². The molecule has 1 N–H and O–H groups in total. The fourth-order valence-electron chi connectivity index (χ4n) is 2.23. The van der Waals surface area contributed by atoms with Crippen molar-refractivity contribution in [3.63, 3.8) is 0 Å². The van der Waals surface area contributed by atoms with Gasteiger partial charge in [0, 0.05) is 16.5 Å². The SMILES string of the molecule is OC(COCc1ccccc1Cl)CSc1nncn1-c1ccccc1. The van der Waals surface area contributed by atoms with Crippen molar-refractivity contribution < 1.29 is 9.84 Å². The molecule has 3 rings (SSSR count). The second kappa shape index (κ2) is 9.01. The molecule has 0 spiro atoms. The highest BCUT2D eigenvalue weighted by Crippen LogP contribution is 2.20. The molecule has 0 saturated carbocycles. The van der Waals surface area contributed by atoms with E-state index >= 15 is 0 Å². The lowest BCUT2D eigenvalue weighted by Crippen LogP contribution is -2.18. The summed E-state index contributed by atoms with van der Waals surface area (Å²) in [5.74, 6) is 0.466. The smallest absolute Gasteiger partial charge is 0.195 e. The van der Waals surface area contributed by atoms with Gasteiger partial charge < -0.3 is 9.84 Å². The Morgan fingerprint density at radius 1 is 1.12 bits per heavy atom. The number of rotatable bonds is 8. The third-order valence-electron chi connectivity index (χ3n) is 3.48. The van der Waals surface area contributed by atoms with E-state index in [4.69, 9.17) is 16.3 Å². The molecule has 3 aromatic rings. The molecule has 0 aliphatic heterocycles. The maximum Gasteiger partial charge on any atom is 0.195 e. The Bertz CT molecular complexity index is 798. The third-order valence-corrected chi connectivity index (χ3v) is 4.94. The fraction of sp³-hybridized carbons (Fsp3) is 0.222. The lowest BCUT2D eigenvalue weighted by Gasteiger charge is -2.12. The summed E-state index contributed by atoms with van der Waals surface area (Å²) in [4.78, 5) is 0. The van der Waals surface area contributed by atoms with Crippen molar-refractivity contribution >= 4 is 23.4 Å². The summed E-state index contributed by atoms with van der Waals surface area (Å²) in [6.07, 6.45) is 1.06.